The third-order valence-corrected chi connectivity index (χ3v) is 6.85. The van der Waals surface area contributed by atoms with Crippen molar-refractivity contribution < 1.29 is 29.0 Å². The van der Waals surface area contributed by atoms with Gasteiger partial charge in [0.05, 0.1) is 24.8 Å². The van der Waals surface area contributed by atoms with Gasteiger partial charge in [0.2, 0.25) is 11.8 Å². The second kappa shape index (κ2) is 11.9. The summed E-state index contributed by atoms with van der Waals surface area (Å²) in [6.45, 7) is 7.62. The molecular formula is C28H36N4O6. The van der Waals surface area contributed by atoms with E-state index in [0.29, 0.717) is 32.7 Å². The summed E-state index contributed by atoms with van der Waals surface area (Å²) in [5.41, 5.74) is 2.60. The Morgan fingerprint density at radius 2 is 2.03 bits per heavy atom. The Morgan fingerprint density at radius 1 is 1.21 bits per heavy atom. The van der Waals surface area contributed by atoms with Gasteiger partial charge in [-0.15, -0.1) is 0 Å². The Bertz CT molecular complexity index is 1310. The number of fused-ring (bicyclic) bond motifs is 3. The van der Waals surface area contributed by atoms with E-state index in [1.54, 1.807) is 6.20 Å². The number of benzene rings is 1. The predicted molar refractivity (Wildman–Crippen MR) is 143 cm³/mol. The molecule has 38 heavy (non-hydrogen) atoms. The number of carbonyl (C=O) groups excluding carboxylic acids is 2. The first kappa shape index (κ1) is 27.5. The number of nitrogens with one attached hydrogen (secondary N) is 2. The predicted octanol–water partition coefficient (Wildman–Crippen LogP) is 3.82. The average Bonchev–Trinajstić information content (AvgIpc) is 3.18. The number of rotatable bonds is 11. The summed E-state index contributed by atoms with van der Waals surface area (Å²) >= 11 is 0. The lowest BCUT2D eigenvalue weighted by molar-refractivity contribution is -0.135. The Balaban J connectivity index is 1.35. The highest BCUT2D eigenvalue weighted by atomic mass is 16.5. The third-order valence-electron chi connectivity index (χ3n) is 6.85. The number of amides is 3. The molecule has 1 saturated heterocycles. The zero-order chi connectivity index (χ0) is 27.3. The first-order valence-corrected chi connectivity index (χ1v) is 13.0. The Morgan fingerprint density at radius 3 is 2.76 bits per heavy atom. The molecule has 3 N–H and O–H groups in total. The van der Waals surface area contributed by atoms with Gasteiger partial charge in [0.15, 0.2) is 0 Å². The van der Waals surface area contributed by atoms with Gasteiger partial charge in [-0.25, -0.2) is 9.78 Å². The molecule has 0 bridgehead atoms. The maximum Gasteiger partial charge on any atom is 0.404 e. The zero-order valence-corrected chi connectivity index (χ0v) is 22.2. The molecule has 2 atom stereocenters. The first-order valence-electron chi connectivity index (χ1n) is 13.0. The molecular weight excluding hydrogens is 488 g/mol. The minimum Gasteiger partial charge on any atom is -0.465 e. The highest BCUT2D eigenvalue weighted by Gasteiger charge is 2.31. The van der Waals surface area contributed by atoms with Crippen molar-refractivity contribution >= 4 is 39.8 Å². The quantitative estimate of drug-likeness (QED) is 0.257. The Hall–Kier alpha value is -3.50. The van der Waals surface area contributed by atoms with E-state index in [2.05, 4.69) is 33.8 Å². The minimum absolute atomic E-state index is 0.201. The fourth-order valence-electron chi connectivity index (χ4n) is 4.84. The molecule has 4 rings (SSSR count). The molecule has 2 unspecified atom stereocenters. The van der Waals surface area contributed by atoms with Gasteiger partial charge in [-0.1, -0.05) is 32.9 Å². The highest BCUT2D eigenvalue weighted by Crippen LogP contribution is 2.34. The van der Waals surface area contributed by atoms with Crippen LogP contribution >= 0.6 is 0 Å². The van der Waals surface area contributed by atoms with Crippen LogP contribution in [0.2, 0.25) is 0 Å². The normalized spacial score (nSPS) is 17.1. The second-order valence-corrected chi connectivity index (χ2v) is 10.7. The molecule has 1 aliphatic rings. The van der Waals surface area contributed by atoms with E-state index in [-0.39, 0.29) is 29.9 Å². The fourth-order valence-corrected chi connectivity index (χ4v) is 4.84. The maximum absolute atomic E-state index is 12.7. The van der Waals surface area contributed by atoms with Crippen LogP contribution in [-0.4, -0.2) is 65.0 Å². The molecule has 1 aliphatic heterocycles. The number of hydrogen-bond acceptors (Lipinski definition) is 6. The van der Waals surface area contributed by atoms with Crippen molar-refractivity contribution in [2.75, 3.05) is 26.4 Å². The lowest BCUT2D eigenvalue weighted by Crippen LogP contribution is -2.41. The fraction of sp³-hybridized carbons (Fsp3) is 0.500. The van der Waals surface area contributed by atoms with E-state index in [9.17, 15) is 14.4 Å². The van der Waals surface area contributed by atoms with Crippen LogP contribution in [0.3, 0.4) is 0 Å². The number of aryl methyl sites for hydroxylation is 1. The summed E-state index contributed by atoms with van der Waals surface area (Å²) in [5.74, 6) is -0.531. The molecule has 10 heteroatoms. The Kier molecular flexibility index (Phi) is 8.63. The monoisotopic (exact) mass is 524 g/mol. The molecule has 10 nitrogen and oxygen atoms in total. The molecule has 3 heterocycles. The summed E-state index contributed by atoms with van der Waals surface area (Å²) in [5, 5.41) is 15.7. The van der Waals surface area contributed by atoms with Crippen LogP contribution in [0.15, 0.2) is 36.5 Å². The van der Waals surface area contributed by atoms with Crippen molar-refractivity contribution in [1.82, 2.24) is 20.2 Å². The number of imide groups is 1. The number of ether oxygens (including phenoxy) is 2. The van der Waals surface area contributed by atoms with Gasteiger partial charge in [-0.05, 0) is 48.4 Å². The molecule has 0 spiro atoms. The smallest absolute Gasteiger partial charge is 0.404 e. The van der Waals surface area contributed by atoms with Crippen LogP contribution in [0.5, 0.6) is 0 Å². The summed E-state index contributed by atoms with van der Waals surface area (Å²) < 4.78 is 13.6. The van der Waals surface area contributed by atoms with Crippen molar-refractivity contribution in [2.45, 2.75) is 58.6 Å². The lowest BCUT2D eigenvalue weighted by atomic mass is 9.89. The van der Waals surface area contributed by atoms with Gasteiger partial charge in [0.25, 0.3) is 0 Å². The molecule has 0 radical (unpaired) electrons. The summed E-state index contributed by atoms with van der Waals surface area (Å²) in [7, 11) is 0. The minimum atomic E-state index is -1.06. The average molecular weight is 525 g/mol. The summed E-state index contributed by atoms with van der Waals surface area (Å²) in [4.78, 5) is 39.8. The number of hydrogen-bond donors (Lipinski definition) is 3. The van der Waals surface area contributed by atoms with Crippen LogP contribution in [0.4, 0.5) is 4.79 Å². The lowest BCUT2D eigenvalue weighted by Gasteiger charge is -2.30. The third kappa shape index (κ3) is 6.49. The molecule has 3 aromatic rings. The van der Waals surface area contributed by atoms with E-state index in [4.69, 9.17) is 14.6 Å². The van der Waals surface area contributed by atoms with E-state index < -0.39 is 12.1 Å². The van der Waals surface area contributed by atoms with Gasteiger partial charge in [-0.2, -0.15) is 0 Å². The number of pyridine rings is 1. The van der Waals surface area contributed by atoms with Crippen LogP contribution < -0.4 is 10.6 Å². The topological polar surface area (TPSA) is 132 Å². The first-order chi connectivity index (χ1) is 18.1. The molecule has 204 valence electrons. The van der Waals surface area contributed by atoms with Gasteiger partial charge < -0.3 is 24.5 Å². The van der Waals surface area contributed by atoms with Crippen LogP contribution in [0, 0.1) is 5.41 Å². The van der Waals surface area contributed by atoms with Gasteiger partial charge in [0, 0.05) is 36.5 Å². The van der Waals surface area contributed by atoms with Crippen LogP contribution in [0.1, 0.15) is 51.6 Å². The number of piperidine rings is 1. The maximum atomic E-state index is 12.7. The van der Waals surface area contributed by atoms with E-state index in [1.165, 1.54) is 0 Å². The van der Waals surface area contributed by atoms with Gasteiger partial charge >= 0.3 is 6.09 Å². The summed E-state index contributed by atoms with van der Waals surface area (Å²) in [6, 6.07) is 9.68. The molecule has 3 amide bonds. The molecule has 0 aliphatic carbocycles. The number of nitrogens with zero attached hydrogens (tertiary/aromatic N) is 2. The number of carboxylic acid groups (broad SMARTS) is 1. The van der Waals surface area contributed by atoms with Crippen LogP contribution in [-0.2, 0) is 25.5 Å². The van der Waals surface area contributed by atoms with Crippen molar-refractivity contribution in [1.29, 1.82) is 0 Å². The van der Waals surface area contributed by atoms with Crippen molar-refractivity contribution in [3.05, 3.63) is 42.1 Å². The largest absolute Gasteiger partial charge is 0.465 e. The van der Waals surface area contributed by atoms with Crippen molar-refractivity contribution in [2.24, 2.45) is 5.41 Å². The zero-order valence-electron chi connectivity index (χ0n) is 22.2. The van der Waals surface area contributed by atoms with Crippen molar-refractivity contribution in [3.63, 3.8) is 0 Å². The second-order valence-electron chi connectivity index (χ2n) is 10.7. The summed E-state index contributed by atoms with van der Waals surface area (Å²) in [6.07, 6.45) is 2.77. The number of carbonyl (C=O) groups is 3. The van der Waals surface area contributed by atoms with Crippen molar-refractivity contribution in [3.8, 4) is 0 Å². The van der Waals surface area contributed by atoms with E-state index in [1.807, 2.05) is 37.5 Å². The highest BCUT2D eigenvalue weighted by molar-refractivity contribution is 6.09. The van der Waals surface area contributed by atoms with Crippen LogP contribution in [0.25, 0.3) is 21.9 Å². The molecule has 0 saturated carbocycles. The van der Waals surface area contributed by atoms with Gasteiger partial charge in [-0.3, -0.25) is 14.9 Å². The Labute approximate surface area is 221 Å². The van der Waals surface area contributed by atoms with Gasteiger partial charge in [0.1, 0.15) is 11.7 Å². The SMILES string of the molecule is CC(C)(C)C(CNC(=O)O)OCCOCCCc1ccc2c3cccnc3n(C3CCC(=O)NC3=O)c2c1. The molecule has 1 fully saturated rings. The van der Waals surface area contributed by atoms with E-state index >= 15 is 0 Å². The van der Waals surface area contributed by atoms with E-state index in [0.717, 1.165) is 40.3 Å². The molecule has 1 aromatic carbocycles. The molecule has 2 aromatic heterocycles. The number of aromatic nitrogens is 2. The standard InChI is InChI=1S/C28H36N4O6/c1-28(2,3)23(17-30-27(35)36)38-15-14-37-13-5-6-18-8-9-19-20-7-4-12-29-25(20)32(22(19)16-18)21-10-11-24(33)31-26(21)34/h4,7-9,12,16,21,23,30H,5-6,10-11,13-15,17H2,1-3H3,(H,35,36)(H,31,33,34).